The van der Waals surface area contributed by atoms with Crippen LogP contribution in [0.3, 0.4) is 0 Å². The van der Waals surface area contributed by atoms with Crippen molar-refractivity contribution in [3.63, 3.8) is 0 Å². The van der Waals surface area contributed by atoms with Crippen molar-refractivity contribution in [2.75, 3.05) is 13.2 Å². The largest absolute Gasteiger partial charge is 0.394 e. The van der Waals surface area contributed by atoms with Gasteiger partial charge in [0.05, 0.1) is 32.5 Å². The third-order valence-corrected chi connectivity index (χ3v) is 6.28. The Bertz CT molecular complexity index is 1080. The van der Waals surface area contributed by atoms with E-state index < -0.39 is 24.4 Å². The molecule has 3 aromatic carbocycles. The lowest BCUT2D eigenvalue weighted by molar-refractivity contribution is -0.210. The van der Waals surface area contributed by atoms with Crippen molar-refractivity contribution in [3.8, 4) is 0 Å². The molecular weight excluding hydrogens is 454 g/mol. The number of aliphatic hydroxyl groups is 1. The van der Waals surface area contributed by atoms with Crippen LogP contribution in [0.4, 0.5) is 0 Å². The molecule has 1 aliphatic rings. The van der Waals surface area contributed by atoms with E-state index in [2.05, 4.69) is 6.58 Å². The molecule has 36 heavy (non-hydrogen) atoms. The molecule has 0 radical (unpaired) electrons. The maximum atomic E-state index is 13.7. The third-order valence-electron chi connectivity index (χ3n) is 6.28. The van der Waals surface area contributed by atoms with Crippen LogP contribution in [-0.2, 0) is 38.8 Å². The third kappa shape index (κ3) is 6.47. The number of carbonyl (C=O) groups excluding carboxylic acids is 1. The molecule has 4 rings (SSSR count). The molecular formula is C30H33NO5. The average Bonchev–Trinajstić information content (AvgIpc) is 2.93. The summed E-state index contributed by atoms with van der Waals surface area (Å²) in [5.41, 5.74) is 2.92. The number of carbonyl (C=O) groups is 1. The molecule has 0 aromatic heterocycles. The second-order valence-electron chi connectivity index (χ2n) is 8.77. The highest BCUT2D eigenvalue weighted by Gasteiger charge is 2.50. The molecule has 0 bridgehead atoms. The highest BCUT2D eigenvalue weighted by Crippen LogP contribution is 2.29. The fourth-order valence-electron chi connectivity index (χ4n) is 4.45. The molecule has 188 valence electrons. The first-order valence-corrected chi connectivity index (χ1v) is 12.2. The number of hydrogen-bond acceptors (Lipinski definition) is 5. The van der Waals surface area contributed by atoms with Gasteiger partial charge in [0.2, 0.25) is 0 Å². The standard InChI is InChI=1S/C30H33NO5/c1-2-18-31-26(19-32)27(34-20-23-12-6-3-7-13-23)28(35-21-24-14-8-4-9-15-24)29(30(31)33)36-22-25-16-10-5-11-17-25/h2-17,26-29,32H,1,18-22H2. The molecule has 1 N–H and O–H groups in total. The van der Waals surface area contributed by atoms with Gasteiger partial charge in [-0.2, -0.15) is 0 Å². The molecule has 3 aromatic rings. The Balaban J connectivity index is 1.63. The molecule has 6 nitrogen and oxygen atoms in total. The first kappa shape index (κ1) is 25.8. The van der Waals surface area contributed by atoms with Crippen LogP contribution < -0.4 is 0 Å². The normalized spacial score (nSPS) is 21.9. The predicted octanol–water partition coefficient (Wildman–Crippen LogP) is 4.13. The van der Waals surface area contributed by atoms with E-state index in [-0.39, 0.29) is 32.3 Å². The van der Waals surface area contributed by atoms with Crippen LogP contribution in [0.5, 0.6) is 0 Å². The number of amides is 1. The van der Waals surface area contributed by atoms with E-state index in [1.54, 1.807) is 11.0 Å². The first-order chi connectivity index (χ1) is 17.7. The summed E-state index contributed by atoms with van der Waals surface area (Å²) >= 11 is 0. The molecule has 1 amide bonds. The van der Waals surface area contributed by atoms with Crippen LogP contribution in [-0.4, -0.2) is 53.4 Å². The van der Waals surface area contributed by atoms with Gasteiger partial charge in [-0.05, 0) is 16.7 Å². The second kappa shape index (κ2) is 13.1. The number of likely N-dealkylation sites (tertiary alicyclic amines) is 1. The van der Waals surface area contributed by atoms with Crippen molar-refractivity contribution in [3.05, 3.63) is 120 Å². The minimum Gasteiger partial charge on any atom is -0.394 e. The molecule has 4 unspecified atom stereocenters. The van der Waals surface area contributed by atoms with Gasteiger partial charge in [0.1, 0.15) is 12.2 Å². The number of aliphatic hydroxyl groups excluding tert-OH is 1. The minimum absolute atomic E-state index is 0.248. The Morgan fingerprint density at radius 3 is 1.61 bits per heavy atom. The summed E-state index contributed by atoms with van der Waals surface area (Å²) in [7, 11) is 0. The summed E-state index contributed by atoms with van der Waals surface area (Å²) in [5.74, 6) is -0.248. The van der Waals surface area contributed by atoms with Gasteiger partial charge in [-0.25, -0.2) is 0 Å². The lowest BCUT2D eigenvalue weighted by Crippen LogP contribution is -2.67. The number of piperidine rings is 1. The highest BCUT2D eigenvalue weighted by molar-refractivity contribution is 5.83. The van der Waals surface area contributed by atoms with Crippen molar-refractivity contribution in [2.24, 2.45) is 0 Å². The van der Waals surface area contributed by atoms with E-state index in [0.717, 1.165) is 16.7 Å². The minimum atomic E-state index is -0.905. The van der Waals surface area contributed by atoms with Crippen molar-refractivity contribution in [1.82, 2.24) is 4.90 Å². The maximum absolute atomic E-state index is 13.7. The molecule has 1 aliphatic heterocycles. The highest BCUT2D eigenvalue weighted by atomic mass is 16.6. The van der Waals surface area contributed by atoms with Gasteiger partial charge in [-0.1, -0.05) is 97.1 Å². The summed E-state index contributed by atoms with van der Waals surface area (Å²) in [6.45, 7) is 4.65. The lowest BCUT2D eigenvalue weighted by Gasteiger charge is -2.47. The van der Waals surface area contributed by atoms with Gasteiger partial charge in [-0.3, -0.25) is 4.79 Å². The zero-order valence-corrected chi connectivity index (χ0v) is 20.3. The SMILES string of the molecule is C=CCN1C(=O)C(OCc2ccccc2)C(OCc2ccccc2)C(OCc2ccccc2)C1CO. The zero-order valence-electron chi connectivity index (χ0n) is 20.3. The van der Waals surface area contributed by atoms with Crippen LogP contribution in [0, 0.1) is 0 Å². The Hall–Kier alpha value is -3.29. The van der Waals surface area contributed by atoms with Crippen molar-refractivity contribution < 1.29 is 24.1 Å². The molecule has 6 heteroatoms. The van der Waals surface area contributed by atoms with E-state index in [1.165, 1.54) is 0 Å². The summed E-state index contributed by atoms with van der Waals surface area (Å²) in [5, 5.41) is 10.4. The topological polar surface area (TPSA) is 68.2 Å². The van der Waals surface area contributed by atoms with Gasteiger partial charge in [0.25, 0.3) is 5.91 Å². The van der Waals surface area contributed by atoms with Gasteiger partial charge in [-0.15, -0.1) is 6.58 Å². The van der Waals surface area contributed by atoms with E-state index >= 15 is 0 Å². The summed E-state index contributed by atoms with van der Waals surface area (Å²) in [4.78, 5) is 15.2. The Morgan fingerprint density at radius 2 is 1.17 bits per heavy atom. The second-order valence-corrected chi connectivity index (χ2v) is 8.77. The summed E-state index contributed by atoms with van der Waals surface area (Å²) in [6, 6.07) is 28.7. The fraction of sp³-hybridized carbons (Fsp3) is 0.300. The molecule has 1 fully saturated rings. The average molecular weight is 488 g/mol. The summed E-state index contributed by atoms with van der Waals surface area (Å²) in [6.07, 6.45) is -0.591. The van der Waals surface area contributed by atoms with Crippen molar-refractivity contribution >= 4 is 5.91 Å². The number of hydrogen-bond donors (Lipinski definition) is 1. The van der Waals surface area contributed by atoms with E-state index in [9.17, 15) is 9.90 Å². The smallest absolute Gasteiger partial charge is 0.255 e. The van der Waals surface area contributed by atoms with Gasteiger partial charge in [0, 0.05) is 6.54 Å². The van der Waals surface area contributed by atoms with E-state index in [0.29, 0.717) is 6.61 Å². The van der Waals surface area contributed by atoms with Crippen LogP contribution in [0.15, 0.2) is 104 Å². The van der Waals surface area contributed by atoms with E-state index in [4.69, 9.17) is 14.2 Å². The number of nitrogens with zero attached hydrogens (tertiary/aromatic N) is 1. The van der Waals surface area contributed by atoms with Crippen molar-refractivity contribution in [1.29, 1.82) is 0 Å². The first-order valence-electron chi connectivity index (χ1n) is 12.2. The number of ether oxygens (including phenoxy) is 3. The molecule has 0 spiro atoms. The predicted molar refractivity (Wildman–Crippen MR) is 138 cm³/mol. The molecule has 0 saturated carbocycles. The monoisotopic (exact) mass is 487 g/mol. The van der Waals surface area contributed by atoms with Crippen LogP contribution in [0.25, 0.3) is 0 Å². The number of benzene rings is 3. The Labute approximate surface area is 212 Å². The lowest BCUT2D eigenvalue weighted by atomic mass is 9.92. The Morgan fingerprint density at radius 1 is 0.722 bits per heavy atom. The van der Waals surface area contributed by atoms with Gasteiger partial charge < -0.3 is 24.2 Å². The van der Waals surface area contributed by atoms with Crippen LogP contribution in [0.2, 0.25) is 0 Å². The maximum Gasteiger partial charge on any atom is 0.255 e. The van der Waals surface area contributed by atoms with Crippen LogP contribution in [0.1, 0.15) is 16.7 Å². The van der Waals surface area contributed by atoms with Crippen LogP contribution >= 0.6 is 0 Å². The molecule has 4 atom stereocenters. The Kier molecular flexibility index (Phi) is 9.41. The van der Waals surface area contributed by atoms with Gasteiger partial charge in [0.15, 0.2) is 6.10 Å². The summed E-state index contributed by atoms with van der Waals surface area (Å²) < 4.78 is 19.0. The van der Waals surface area contributed by atoms with Gasteiger partial charge >= 0.3 is 0 Å². The fourth-order valence-corrected chi connectivity index (χ4v) is 4.45. The van der Waals surface area contributed by atoms with E-state index in [1.807, 2.05) is 91.0 Å². The molecule has 0 aliphatic carbocycles. The molecule has 1 saturated heterocycles. The molecule has 1 heterocycles. The number of rotatable bonds is 12. The zero-order chi connectivity index (χ0) is 25.2. The quantitative estimate of drug-likeness (QED) is 0.389. The van der Waals surface area contributed by atoms with Crippen molar-refractivity contribution in [2.45, 2.75) is 44.2 Å².